The van der Waals surface area contributed by atoms with Gasteiger partial charge in [-0.15, -0.1) is 24.8 Å². The Hall–Kier alpha value is -1.49. The number of nitrogens with one attached hydrogen (secondary N) is 1. The minimum absolute atomic E-state index is 0. The quantitative estimate of drug-likeness (QED) is 0.386. The highest BCUT2D eigenvalue weighted by molar-refractivity contribution is 5.85. The molecule has 1 aliphatic heterocycles. The highest BCUT2D eigenvalue weighted by Crippen LogP contribution is 2.16. The molecule has 27 heavy (non-hydrogen) atoms. The number of guanidine groups is 1. The predicted molar refractivity (Wildman–Crippen MR) is 121 cm³/mol. The second-order valence-electron chi connectivity index (χ2n) is 6.92. The molecule has 0 saturated carbocycles. The molecule has 0 bridgehead atoms. The average Bonchev–Trinajstić information content (AvgIpc) is 3.16. The number of nitrogens with zero attached hydrogens (tertiary/aromatic N) is 2. The van der Waals surface area contributed by atoms with E-state index in [1.54, 1.807) is 0 Å². The smallest absolute Gasteiger partial charge is 0.188 e. The van der Waals surface area contributed by atoms with Gasteiger partial charge in [-0.25, -0.2) is 4.99 Å². The van der Waals surface area contributed by atoms with Gasteiger partial charge in [-0.2, -0.15) is 0 Å². The van der Waals surface area contributed by atoms with E-state index in [4.69, 9.17) is 5.73 Å². The molecule has 4 nitrogen and oxygen atoms in total. The fraction of sp³-hybridized carbons (Fsp3) is 0.476. The predicted octanol–water partition coefficient (Wildman–Crippen LogP) is 4.35. The third-order valence-corrected chi connectivity index (χ3v) is 4.90. The van der Waals surface area contributed by atoms with Crippen molar-refractivity contribution >= 4 is 41.5 Å². The van der Waals surface area contributed by atoms with Crippen molar-refractivity contribution < 1.29 is 0 Å². The molecule has 0 radical (unpaired) electrons. The average molecular weight is 411 g/mol. The lowest BCUT2D eigenvalue weighted by Crippen LogP contribution is -2.32. The molecule has 0 spiro atoms. The first kappa shape index (κ1) is 23.5. The minimum Gasteiger partial charge on any atom is -0.370 e. The summed E-state index contributed by atoms with van der Waals surface area (Å²) in [5.41, 5.74) is 7.17. The summed E-state index contributed by atoms with van der Waals surface area (Å²) in [6, 6.07) is 14.8. The number of rotatable bonds is 8. The fourth-order valence-electron chi connectivity index (χ4n) is 3.43. The molecule has 2 aromatic carbocycles. The zero-order valence-corrected chi connectivity index (χ0v) is 17.5. The van der Waals surface area contributed by atoms with Crippen molar-refractivity contribution in [1.82, 2.24) is 10.2 Å². The van der Waals surface area contributed by atoms with Gasteiger partial charge in [0.1, 0.15) is 0 Å². The molecule has 1 heterocycles. The molecule has 0 aromatic heterocycles. The van der Waals surface area contributed by atoms with Crippen LogP contribution in [0.4, 0.5) is 0 Å². The van der Waals surface area contributed by atoms with Crippen LogP contribution in [0.3, 0.4) is 0 Å². The Kier molecular flexibility index (Phi) is 11.2. The molecular weight excluding hydrogens is 379 g/mol. The van der Waals surface area contributed by atoms with E-state index in [1.165, 1.54) is 61.7 Å². The van der Waals surface area contributed by atoms with Crippen molar-refractivity contribution in [3.8, 4) is 0 Å². The largest absolute Gasteiger partial charge is 0.370 e. The number of nitrogens with two attached hydrogens (primary N) is 1. The third-order valence-electron chi connectivity index (χ3n) is 4.90. The first-order chi connectivity index (χ1) is 12.3. The van der Waals surface area contributed by atoms with Gasteiger partial charge in [-0.05, 0) is 67.7 Å². The molecule has 1 aliphatic rings. The molecule has 3 N–H and O–H groups in total. The van der Waals surface area contributed by atoms with Crippen LogP contribution in [0.1, 0.15) is 37.7 Å². The zero-order chi connectivity index (χ0) is 17.3. The summed E-state index contributed by atoms with van der Waals surface area (Å²) in [5.74, 6) is 0.549. The Bertz CT molecular complexity index is 699. The van der Waals surface area contributed by atoms with Gasteiger partial charge in [-0.1, -0.05) is 42.8 Å². The van der Waals surface area contributed by atoms with Crippen LogP contribution in [0, 0.1) is 0 Å². The SMILES string of the molecule is Cl.Cl.NC(=NCc1ccc2ccccc2c1)NCCCCCN1CCCC1. The van der Waals surface area contributed by atoms with Gasteiger partial charge in [0, 0.05) is 6.54 Å². The van der Waals surface area contributed by atoms with Crippen molar-refractivity contribution in [3.05, 3.63) is 48.0 Å². The van der Waals surface area contributed by atoms with Crippen LogP contribution in [0.5, 0.6) is 0 Å². The first-order valence-electron chi connectivity index (χ1n) is 9.55. The fourth-order valence-corrected chi connectivity index (χ4v) is 3.43. The Morgan fingerprint density at radius 3 is 2.48 bits per heavy atom. The lowest BCUT2D eigenvalue weighted by Gasteiger charge is -2.13. The van der Waals surface area contributed by atoms with Crippen LogP contribution >= 0.6 is 24.8 Å². The van der Waals surface area contributed by atoms with Gasteiger partial charge in [-0.3, -0.25) is 0 Å². The number of benzene rings is 2. The summed E-state index contributed by atoms with van der Waals surface area (Å²) >= 11 is 0. The first-order valence-corrected chi connectivity index (χ1v) is 9.55. The number of likely N-dealkylation sites (tertiary alicyclic amines) is 1. The second-order valence-corrected chi connectivity index (χ2v) is 6.92. The van der Waals surface area contributed by atoms with Crippen LogP contribution < -0.4 is 11.1 Å². The van der Waals surface area contributed by atoms with E-state index < -0.39 is 0 Å². The number of hydrogen-bond acceptors (Lipinski definition) is 2. The standard InChI is InChI=1S/C21H30N4.2ClH/c22-21(23-12-4-1-5-13-25-14-6-7-15-25)24-17-18-10-11-19-8-2-3-9-20(19)16-18;;/h2-3,8-11,16H,1,4-7,12-15,17H2,(H3,22,23,24);2*1H. The van der Waals surface area contributed by atoms with Gasteiger partial charge < -0.3 is 16.0 Å². The molecule has 6 heteroatoms. The normalized spacial score (nSPS) is 14.6. The number of unbranched alkanes of at least 4 members (excludes halogenated alkanes) is 2. The van der Waals surface area contributed by atoms with Gasteiger partial charge in [0.2, 0.25) is 0 Å². The molecule has 150 valence electrons. The molecule has 0 atom stereocenters. The molecule has 0 amide bonds. The van der Waals surface area contributed by atoms with E-state index in [9.17, 15) is 0 Å². The zero-order valence-electron chi connectivity index (χ0n) is 15.9. The molecule has 1 saturated heterocycles. The van der Waals surface area contributed by atoms with Crippen LogP contribution in [-0.2, 0) is 6.54 Å². The third kappa shape index (κ3) is 7.96. The highest BCUT2D eigenvalue weighted by Gasteiger charge is 2.09. The van der Waals surface area contributed by atoms with Gasteiger partial charge >= 0.3 is 0 Å². The summed E-state index contributed by atoms with van der Waals surface area (Å²) in [7, 11) is 0. The van der Waals surface area contributed by atoms with E-state index in [2.05, 4.69) is 57.7 Å². The molecule has 0 unspecified atom stereocenters. The topological polar surface area (TPSA) is 53.6 Å². The van der Waals surface area contributed by atoms with E-state index >= 15 is 0 Å². The summed E-state index contributed by atoms with van der Waals surface area (Å²) in [4.78, 5) is 7.03. The lowest BCUT2D eigenvalue weighted by molar-refractivity contribution is 0.328. The lowest BCUT2D eigenvalue weighted by atomic mass is 10.1. The van der Waals surface area contributed by atoms with Crippen LogP contribution in [0.25, 0.3) is 10.8 Å². The van der Waals surface area contributed by atoms with Crippen molar-refractivity contribution in [1.29, 1.82) is 0 Å². The van der Waals surface area contributed by atoms with Crippen molar-refractivity contribution in [2.45, 2.75) is 38.6 Å². The summed E-state index contributed by atoms with van der Waals surface area (Å²) < 4.78 is 0. The maximum absolute atomic E-state index is 5.98. The summed E-state index contributed by atoms with van der Waals surface area (Å²) in [6.45, 7) is 5.39. The number of aliphatic imine (C=N–C) groups is 1. The molecular formula is C21H32Cl2N4. The Labute approximate surface area is 175 Å². The van der Waals surface area contributed by atoms with E-state index in [-0.39, 0.29) is 24.8 Å². The van der Waals surface area contributed by atoms with Gasteiger partial charge in [0.15, 0.2) is 5.96 Å². The minimum atomic E-state index is 0. The molecule has 3 rings (SSSR count). The van der Waals surface area contributed by atoms with Crippen molar-refractivity contribution in [3.63, 3.8) is 0 Å². The molecule has 2 aromatic rings. The van der Waals surface area contributed by atoms with E-state index in [0.29, 0.717) is 12.5 Å². The van der Waals surface area contributed by atoms with Crippen molar-refractivity contribution in [2.24, 2.45) is 10.7 Å². The number of halogens is 2. The van der Waals surface area contributed by atoms with E-state index in [1.807, 2.05) is 0 Å². The van der Waals surface area contributed by atoms with Crippen LogP contribution in [-0.4, -0.2) is 37.0 Å². The van der Waals surface area contributed by atoms with Crippen LogP contribution in [0.15, 0.2) is 47.5 Å². The monoisotopic (exact) mass is 410 g/mol. The molecule has 1 fully saturated rings. The Balaban J connectivity index is 0.00000182. The maximum atomic E-state index is 5.98. The number of hydrogen-bond donors (Lipinski definition) is 2. The van der Waals surface area contributed by atoms with E-state index in [0.717, 1.165) is 13.0 Å². The number of fused-ring (bicyclic) bond motifs is 1. The van der Waals surface area contributed by atoms with Gasteiger partial charge in [0.25, 0.3) is 0 Å². The summed E-state index contributed by atoms with van der Waals surface area (Å²) in [6.07, 6.45) is 6.45. The van der Waals surface area contributed by atoms with Crippen LogP contribution in [0.2, 0.25) is 0 Å². The Morgan fingerprint density at radius 2 is 1.70 bits per heavy atom. The summed E-state index contributed by atoms with van der Waals surface area (Å²) in [5, 5.41) is 5.74. The van der Waals surface area contributed by atoms with Crippen molar-refractivity contribution in [2.75, 3.05) is 26.2 Å². The Morgan fingerprint density at radius 1 is 0.963 bits per heavy atom. The maximum Gasteiger partial charge on any atom is 0.188 e. The second kappa shape index (κ2) is 12.8. The molecule has 0 aliphatic carbocycles. The van der Waals surface area contributed by atoms with Gasteiger partial charge in [0.05, 0.1) is 6.54 Å². The highest BCUT2D eigenvalue weighted by atomic mass is 35.5.